The van der Waals surface area contributed by atoms with Crippen molar-refractivity contribution in [3.05, 3.63) is 54.1 Å². The van der Waals surface area contributed by atoms with Gasteiger partial charge in [0.2, 0.25) is 11.8 Å². The molecule has 2 amide bonds. The molecule has 0 heterocycles. The number of rotatable bonds is 10. The Morgan fingerprint density at radius 3 is 2.38 bits per heavy atom. The number of anilines is 1. The van der Waals surface area contributed by atoms with Crippen LogP contribution in [0.4, 0.5) is 5.69 Å². The fourth-order valence-electron chi connectivity index (χ4n) is 2.83. The second-order valence-electron chi connectivity index (χ2n) is 6.65. The molecule has 2 aromatic rings. The maximum atomic E-state index is 12.6. The molecule has 0 saturated heterocycles. The zero-order valence-electron chi connectivity index (χ0n) is 17.5. The number of amides is 2. The number of nitrogens with one attached hydrogen (secondary N) is 1. The Balaban J connectivity index is 1.88. The Bertz CT molecular complexity index is 811. The molecule has 0 aliphatic rings. The van der Waals surface area contributed by atoms with Crippen molar-refractivity contribution in [2.45, 2.75) is 18.4 Å². The van der Waals surface area contributed by atoms with E-state index in [9.17, 15) is 9.59 Å². The van der Waals surface area contributed by atoms with Crippen molar-refractivity contribution in [1.29, 1.82) is 0 Å². The number of thioether (sulfide) groups is 1. The summed E-state index contributed by atoms with van der Waals surface area (Å²) in [5.41, 5.74) is 1.70. The van der Waals surface area contributed by atoms with Crippen LogP contribution < -0.4 is 10.1 Å². The second kappa shape index (κ2) is 11.5. The summed E-state index contributed by atoms with van der Waals surface area (Å²) >= 11 is 1.69. The predicted molar refractivity (Wildman–Crippen MR) is 118 cm³/mol. The standard InChI is InChI=1S/C22H29N3O3S/c1-5-25(15-21(26)23-19-8-6-7-9-20(19)28-3)16-22(27)24(2)14-17-10-12-18(29-4)13-11-17/h6-13H,5,14-16H2,1-4H3,(H,23,26). The molecule has 0 fully saturated rings. The predicted octanol–water partition coefficient (Wildman–Crippen LogP) is 3.34. The highest BCUT2D eigenvalue weighted by atomic mass is 32.2. The van der Waals surface area contributed by atoms with E-state index in [2.05, 4.69) is 17.4 Å². The SMILES string of the molecule is CCN(CC(=O)Nc1ccccc1OC)CC(=O)N(C)Cc1ccc(SC)cc1. The van der Waals surface area contributed by atoms with Gasteiger partial charge >= 0.3 is 0 Å². The molecule has 0 atom stereocenters. The fraction of sp³-hybridized carbons (Fsp3) is 0.364. The Labute approximate surface area is 177 Å². The maximum absolute atomic E-state index is 12.6. The Kier molecular flexibility index (Phi) is 9.02. The number of carbonyl (C=O) groups excluding carboxylic acids is 2. The van der Waals surface area contributed by atoms with Crippen molar-refractivity contribution < 1.29 is 14.3 Å². The molecule has 0 saturated carbocycles. The number of benzene rings is 2. The zero-order chi connectivity index (χ0) is 21.2. The average molecular weight is 416 g/mol. The van der Waals surface area contributed by atoms with Crippen molar-refractivity contribution in [2.24, 2.45) is 0 Å². The first-order valence-corrected chi connectivity index (χ1v) is 10.7. The minimum atomic E-state index is -0.181. The summed E-state index contributed by atoms with van der Waals surface area (Å²) in [6.07, 6.45) is 2.04. The summed E-state index contributed by atoms with van der Waals surface area (Å²) in [6, 6.07) is 15.4. The highest BCUT2D eigenvalue weighted by Crippen LogP contribution is 2.22. The van der Waals surface area contributed by atoms with E-state index in [1.165, 1.54) is 4.90 Å². The van der Waals surface area contributed by atoms with Crippen LogP contribution in [-0.2, 0) is 16.1 Å². The Morgan fingerprint density at radius 1 is 1.07 bits per heavy atom. The summed E-state index contributed by atoms with van der Waals surface area (Å²) in [5, 5.41) is 2.85. The number of ether oxygens (including phenoxy) is 1. The molecule has 0 aliphatic heterocycles. The van der Waals surface area contributed by atoms with Gasteiger partial charge in [-0.2, -0.15) is 0 Å². The van der Waals surface area contributed by atoms with Gasteiger partial charge in [-0.05, 0) is 42.6 Å². The lowest BCUT2D eigenvalue weighted by molar-refractivity contribution is -0.132. The minimum Gasteiger partial charge on any atom is -0.495 e. The summed E-state index contributed by atoms with van der Waals surface area (Å²) in [7, 11) is 3.35. The molecule has 156 valence electrons. The summed E-state index contributed by atoms with van der Waals surface area (Å²) in [6.45, 7) is 3.40. The van der Waals surface area contributed by atoms with E-state index in [1.807, 2.05) is 42.3 Å². The zero-order valence-corrected chi connectivity index (χ0v) is 18.3. The molecule has 1 N–H and O–H groups in total. The number of likely N-dealkylation sites (N-methyl/N-ethyl adjacent to an activating group) is 2. The number of methoxy groups -OCH3 is 1. The normalized spacial score (nSPS) is 10.7. The van der Waals surface area contributed by atoms with Crippen LogP contribution in [0.5, 0.6) is 5.75 Å². The van der Waals surface area contributed by atoms with Crippen molar-refractivity contribution in [3.8, 4) is 5.75 Å². The van der Waals surface area contributed by atoms with Crippen LogP contribution in [0.3, 0.4) is 0 Å². The van der Waals surface area contributed by atoms with E-state index >= 15 is 0 Å². The molecule has 0 aliphatic carbocycles. The van der Waals surface area contributed by atoms with E-state index in [-0.39, 0.29) is 24.9 Å². The van der Waals surface area contributed by atoms with Gasteiger partial charge < -0.3 is 15.0 Å². The number of hydrogen-bond acceptors (Lipinski definition) is 5. The highest BCUT2D eigenvalue weighted by Gasteiger charge is 2.17. The molecular formula is C22H29N3O3S. The van der Waals surface area contributed by atoms with Crippen LogP contribution >= 0.6 is 11.8 Å². The first-order valence-electron chi connectivity index (χ1n) is 9.49. The number of nitrogens with zero attached hydrogens (tertiary/aromatic N) is 2. The van der Waals surface area contributed by atoms with Gasteiger partial charge in [0.15, 0.2) is 0 Å². The van der Waals surface area contributed by atoms with Crippen LogP contribution in [0.15, 0.2) is 53.4 Å². The second-order valence-corrected chi connectivity index (χ2v) is 7.53. The van der Waals surface area contributed by atoms with Crippen molar-refractivity contribution in [3.63, 3.8) is 0 Å². The van der Waals surface area contributed by atoms with Gasteiger partial charge in [-0.3, -0.25) is 14.5 Å². The Hall–Kier alpha value is -2.51. The lowest BCUT2D eigenvalue weighted by Crippen LogP contribution is -2.41. The van der Waals surface area contributed by atoms with Crippen LogP contribution in [-0.4, -0.2) is 61.7 Å². The summed E-state index contributed by atoms with van der Waals surface area (Å²) in [5.74, 6) is 0.401. The average Bonchev–Trinajstić information content (AvgIpc) is 2.74. The topological polar surface area (TPSA) is 61.9 Å². The quantitative estimate of drug-likeness (QED) is 0.603. The van der Waals surface area contributed by atoms with E-state index in [0.29, 0.717) is 24.5 Å². The van der Waals surface area contributed by atoms with E-state index in [1.54, 1.807) is 43.0 Å². The molecule has 7 heteroatoms. The summed E-state index contributed by atoms with van der Waals surface area (Å²) < 4.78 is 5.25. The number of hydrogen-bond donors (Lipinski definition) is 1. The third-order valence-corrected chi connectivity index (χ3v) is 5.30. The molecule has 0 bridgehead atoms. The molecule has 0 unspecified atom stereocenters. The van der Waals surface area contributed by atoms with Gasteiger partial charge in [0.05, 0.1) is 25.9 Å². The molecule has 2 rings (SSSR count). The maximum Gasteiger partial charge on any atom is 0.238 e. The van der Waals surface area contributed by atoms with Crippen molar-refractivity contribution in [2.75, 3.05) is 45.4 Å². The van der Waals surface area contributed by atoms with Gasteiger partial charge in [-0.1, -0.05) is 31.2 Å². The van der Waals surface area contributed by atoms with Gasteiger partial charge in [0, 0.05) is 18.5 Å². The Morgan fingerprint density at radius 2 is 1.76 bits per heavy atom. The van der Waals surface area contributed by atoms with Gasteiger partial charge in [-0.15, -0.1) is 11.8 Å². The molecule has 0 radical (unpaired) electrons. The van der Waals surface area contributed by atoms with Crippen molar-refractivity contribution >= 4 is 29.3 Å². The van der Waals surface area contributed by atoms with E-state index in [0.717, 1.165) is 5.56 Å². The fourth-order valence-corrected chi connectivity index (χ4v) is 3.23. The van der Waals surface area contributed by atoms with Gasteiger partial charge in [0.25, 0.3) is 0 Å². The first-order chi connectivity index (χ1) is 14.0. The molecule has 29 heavy (non-hydrogen) atoms. The lowest BCUT2D eigenvalue weighted by atomic mass is 10.2. The first kappa shape index (κ1) is 22.8. The third-order valence-electron chi connectivity index (χ3n) is 4.56. The minimum absolute atomic E-state index is 0.0223. The lowest BCUT2D eigenvalue weighted by Gasteiger charge is -2.24. The van der Waals surface area contributed by atoms with Crippen molar-refractivity contribution in [1.82, 2.24) is 9.80 Å². The smallest absolute Gasteiger partial charge is 0.238 e. The van der Waals surface area contributed by atoms with Gasteiger partial charge in [-0.25, -0.2) is 0 Å². The molecule has 2 aromatic carbocycles. The molecule has 0 aromatic heterocycles. The number of para-hydroxylation sites is 2. The van der Waals surface area contributed by atoms with E-state index < -0.39 is 0 Å². The monoisotopic (exact) mass is 415 g/mol. The van der Waals surface area contributed by atoms with E-state index in [4.69, 9.17) is 4.74 Å². The summed E-state index contributed by atoms with van der Waals surface area (Å²) in [4.78, 5) is 29.7. The third kappa shape index (κ3) is 7.11. The highest BCUT2D eigenvalue weighted by molar-refractivity contribution is 7.98. The largest absolute Gasteiger partial charge is 0.495 e. The van der Waals surface area contributed by atoms with Crippen LogP contribution in [0.1, 0.15) is 12.5 Å². The molecule has 0 spiro atoms. The van der Waals surface area contributed by atoms with Crippen LogP contribution in [0.2, 0.25) is 0 Å². The molecular weight excluding hydrogens is 386 g/mol. The number of carbonyl (C=O) groups is 2. The molecule has 6 nitrogen and oxygen atoms in total. The van der Waals surface area contributed by atoms with Crippen LogP contribution in [0.25, 0.3) is 0 Å². The van der Waals surface area contributed by atoms with Gasteiger partial charge in [0.1, 0.15) is 5.75 Å². The van der Waals surface area contributed by atoms with Crippen LogP contribution in [0, 0.1) is 0 Å².